The van der Waals surface area contributed by atoms with Gasteiger partial charge in [0.25, 0.3) is 0 Å². The zero-order valence-electron chi connectivity index (χ0n) is 11.6. The van der Waals surface area contributed by atoms with E-state index in [0.29, 0.717) is 5.16 Å². The third-order valence-corrected chi connectivity index (χ3v) is 3.74. The zero-order chi connectivity index (χ0) is 15.8. The fourth-order valence-electron chi connectivity index (χ4n) is 1.62. The number of hydrogen-bond acceptors (Lipinski definition) is 5. The van der Waals surface area contributed by atoms with Crippen molar-refractivity contribution in [2.45, 2.75) is 37.1 Å². The number of anilines is 1. The molecule has 2 rings (SSSR count). The number of hydrogen-bond donors (Lipinski definition) is 1. The maximum atomic E-state index is 12.7. The fourth-order valence-corrected chi connectivity index (χ4v) is 2.51. The number of aryl methyl sites for hydroxylation is 2. The third-order valence-electron chi connectivity index (χ3n) is 2.96. The predicted octanol–water partition coefficient (Wildman–Crippen LogP) is 3.55. The van der Waals surface area contributed by atoms with Gasteiger partial charge >= 0.3 is 6.18 Å². The molecule has 4 nitrogen and oxygen atoms in total. The number of halogens is 3. The zero-order valence-corrected chi connectivity index (χ0v) is 12.4. The van der Waals surface area contributed by atoms with E-state index in [1.54, 1.807) is 0 Å². The molecule has 0 aliphatic carbocycles. The molecule has 2 heterocycles. The summed E-state index contributed by atoms with van der Waals surface area (Å²) in [4.78, 5) is 12.4. The van der Waals surface area contributed by atoms with E-state index in [4.69, 9.17) is 5.73 Å². The lowest BCUT2D eigenvalue weighted by Crippen LogP contribution is -2.07. The smallest absolute Gasteiger partial charge is 0.384 e. The second-order valence-corrected chi connectivity index (χ2v) is 5.51. The third kappa shape index (κ3) is 3.63. The van der Waals surface area contributed by atoms with Crippen molar-refractivity contribution in [3.8, 4) is 0 Å². The number of nitrogen functional groups attached to an aromatic ring is 1. The molecular weight excluding hydrogens is 301 g/mol. The van der Waals surface area contributed by atoms with E-state index in [-0.39, 0.29) is 10.8 Å². The predicted molar refractivity (Wildman–Crippen MR) is 74.0 cm³/mol. The van der Waals surface area contributed by atoms with Gasteiger partial charge in [-0.15, -0.1) is 0 Å². The van der Waals surface area contributed by atoms with Gasteiger partial charge in [-0.05, 0) is 50.2 Å². The highest BCUT2D eigenvalue weighted by Gasteiger charge is 2.31. The minimum absolute atomic E-state index is 0.116. The average Bonchev–Trinajstić information content (AvgIpc) is 2.34. The van der Waals surface area contributed by atoms with E-state index in [1.165, 1.54) is 0 Å². The summed E-state index contributed by atoms with van der Waals surface area (Å²) in [5, 5.41) is 0.465. The van der Waals surface area contributed by atoms with Gasteiger partial charge < -0.3 is 5.73 Å². The summed E-state index contributed by atoms with van der Waals surface area (Å²) in [6.07, 6.45) is -4.47. The molecule has 0 aliphatic heterocycles. The minimum Gasteiger partial charge on any atom is -0.384 e. The van der Waals surface area contributed by atoms with Crippen LogP contribution in [-0.2, 0) is 6.18 Å². The van der Waals surface area contributed by atoms with E-state index < -0.39 is 11.7 Å². The van der Waals surface area contributed by atoms with Crippen molar-refractivity contribution in [3.63, 3.8) is 0 Å². The normalized spacial score (nSPS) is 11.7. The van der Waals surface area contributed by atoms with Crippen LogP contribution in [0, 0.1) is 20.8 Å². The second kappa shape index (κ2) is 5.51. The van der Waals surface area contributed by atoms with Crippen molar-refractivity contribution in [2.24, 2.45) is 0 Å². The lowest BCUT2D eigenvalue weighted by Gasteiger charge is -2.10. The van der Waals surface area contributed by atoms with E-state index >= 15 is 0 Å². The van der Waals surface area contributed by atoms with Crippen LogP contribution in [0.4, 0.5) is 19.0 Å². The van der Waals surface area contributed by atoms with Gasteiger partial charge in [0, 0.05) is 11.4 Å². The molecule has 0 spiro atoms. The van der Waals surface area contributed by atoms with Crippen LogP contribution in [-0.4, -0.2) is 15.0 Å². The molecule has 0 atom stereocenters. The highest BCUT2D eigenvalue weighted by Crippen LogP contribution is 2.34. The van der Waals surface area contributed by atoms with E-state index in [2.05, 4.69) is 15.0 Å². The molecule has 0 amide bonds. The van der Waals surface area contributed by atoms with Gasteiger partial charge in [0.1, 0.15) is 10.8 Å². The fraction of sp³-hybridized carbons (Fsp3) is 0.308. The first-order chi connectivity index (χ1) is 9.66. The largest absolute Gasteiger partial charge is 0.416 e. The Morgan fingerprint density at radius 2 is 1.57 bits per heavy atom. The van der Waals surface area contributed by atoms with Gasteiger partial charge in [0.15, 0.2) is 5.16 Å². The van der Waals surface area contributed by atoms with Crippen LogP contribution in [0.3, 0.4) is 0 Å². The Balaban J connectivity index is 2.38. The summed E-state index contributed by atoms with van der Waals surface area (Å²) < 4.78 is 38.2. The molecule has 2 N–H and O–H groups in total. The van der Waals surface area contributed by atoms with Crippen LogP contribution in [0.2, 0.25) is 0 Å². The Bertz CT molecular complexity index is 663. The van der Waals surface area contributed by atoms with Crippen LogP contribution in [0.25, 0.3) is 0 Å². The standard InChI is InChI=1S/C13H13F3N4S/c1-6-7(2)18-12(19-8(6)3)21-11-5-9(13(14,15)16)4-10(17)20-11/h4-5H,1-3H3,(H2,17,20). The molecule has 0 aliphatic rings. The lowest BCUT2D eigenvalue weighted by atomic mass is 10.2. The maximum Gasteiger partial charge on any atom is 0.416 e. The molecule has 2 aromatic rings. The Kier molecular flexibility index (Phi) is 4.08. The number of nitrogens with zero attached hydrogens (tertiary/aromatic N) is 3. The molecule has 21 heavy (non-hydrogen) atoms. The molecule has 0 saturated heterocycles. The van der Waals surface area contributed by atoms with Crippen molar-refractivity contribution in [2.75, 3.05) is 5.73 Å². The Morgan fingerprint density at radius 1 is 1.00 bits per heavy atom. The van der Waals surface area contributed by atoms with Gasteiger partial charge in [-0.25, -0.2) is 15.0 Å². The number of nitrogens with two attached hydrogens (primary N) is 1. The van der Waals surface area contributed by atoms with Crippen LogP contribution in [0.5, 0.6) is 0 Å². The maximum absolute atomic E-state index is 12.7. The quantitative estimate of drug-likeness (QED) is 0.859. The van der Waals surface area contributed by atoms with Crippen molar-refractivity contribution < 1.29 is 13.2 Å². The first-order valence-corrected chi connectivity index (χ1v) is 6.83. The summed E-state index contributed by atoms with van der Waals surface area (Å²) in [5.74, 6) is -0.187. The van der Waals surface area contributed by atoms with Gasteiger partial charge in [-0.2, -0.15) is 13.2 Å². The summed E-state index contributed by atoms with van der Waals surface area (Å²) in [5.41, 5.74) is 7.11. The molecule has 0 fully saturated rings. The summed E-state index contributed by atoms with van der Waals surface area (Å²) >= 11 is 0.956. The highest BCUT2D eigenvalue weighted by molar-refractivity contribution is 7.99. The lowest BCUT2D eigenvalue weighted by molar-refractivity contribution is -0.137. The minimum atomic E-state index is -4.47. The van der Waals surface area contributed by atoms with Crippen molar-refractivity contribution in [1.29, 1.82) is 0 Å². The van der Waals surface area contributed by atoms with Crippen LogP contribution >= 0.6 is 11.8 Å². The summed E-state index contributed by atoms with van der Waals surface area (Å²) in [6, 6.07) is 1.74. The van der Waals surface area contributed by atoms with Crippen molar-refractivity contribution in [3.05, 3.63) is 34.6 Å². The summed E-state index contributed by atoms with van der Waals surface area (Å²) in [6.45, 7) is 5.53. The van der Waals surface area contributed by atoms with Crippen LogP contribution in [0.1, 0.15) is 22.5 Å². The first-order valence-electron chi connectivity index (χ1n) is 6.01. The van der Waals surface area contributed by atoms with Crippen LogP contribution in [0.15, 0.2) is 22.3 Å². The topological polar surface area (TPSA) is 64.7 Å². The Labute approximate surface area is 124 Å². The second-order valence-electron chi connectivity index (χ2n) is 4.52. The monoisotopic (exact) mass is 314 g/mol. The molecular formula is C13H13F3N4S. The Morgan fingerprint density at radius 3 is 2.10 bits per heavy atom. The van der Waals surface area contributed by atoms with Gasteiger partial charge in [-0.1, -0.05) is 0 Å². The molecule has 112 valence electrons. The molecule has 0 saturated carbocycles. The van der Waals surface area contributed by atoms with Crippen molar-refractivity contribution in [1.82, 2.24) is 15.0 Å². The summed E-state index contributed by atoms with van der Waals surface area (Å²) in [7, 11) is 0. The first kappa shape index (κ1) is 15.6. The molecule has 0 aromatic carbocycles. The molecule has 0 unspecified atom stereocenters. The molecule has 0 bridgehead atoms. The number of alkyl halides is 3. The van der Waals surface area contributed by atoms with Gasteiger partial charge in [0.2, 0.25) is 0 Å². The van der Waals surface area contributed by atoms with Crippen molar-refractivity contribution >= 4 is 17.6 Å². The molecule has 0 radical (unpaired) electrons. The number of rotatable bonds is 2. The van der Waals surface area contributed by atoms with Gasteiger partial charge in [0.05, 0.1) is 5.56 Å². The SMILES string of the molecule is Cc1nc(Sc2cc(C(F)(F)F)cc(N)n2)nc(C)c1C. The average molecular weight is 314 g/mol. The molecule has 8 heteroatoms. The van der Waals surface area contributed by atoms with E-state index in [1.807, 2.05) is 20.8 Å². The van der Waals surface area contributed by atoms with E-state index in [0.717, 1.165) is 40.8 Å². The Hall–Kier alpha value is -1.83. The van der Waals surface area contributed by atoms with E-state index in [9.17, 15) is 13.2 Å². The van der Waals surface area contributed by atoms with Gasteiger partial charge in [-0.3, -0.25) is 0 Å². The highest BCUT2D eigenvalue weighted by atomic mass is 32.2. The molecule has 2 aromatic heterocycles. The number of pyridine rings is 1. The van der Waals surface area contributed by atoms with Crippen LogP contribution < -0.4 is 5.73 Å². The number of aromatic nitrogens is 3.